The minimum absolute atomic E-state index is 0.263. The van der Waals surface area contributed by atoms with E-state index in [0.29, 0.717) is 22.2 Å². The summed E-state index contributed by atoms with van der Waals surface area (Å²) in [6.07, 6.45) is 1.61. The zero-order valence-corrected chi connectivity index (χ0v) is 13.7. The predicted molar refractivity (Wildman–Crippen MR) is 86.2 cm³/mol. The first-order chi connectivity index (χ1) is 10.9. The molecular weight excluding hydrogens is 343 g/mol. The minimum atomic E-state index is -1.05. The van der Waals surface area contributed by atoms with Gasteiger partial charge in [-0.3, -0.25) is 9.69 Å². The second-order valence-corrected chi connectivity index (χ2v) is 5.62. The summed E-state index contributed by atoms with van der Waals surface area (Å²) >= 11 is 11.7. The largest absolute Gasteiger partial charge is 0.449 e. The third-order valence-electron chi connectivity index (χ3n) is 3.12. The molecule has 0 spiro atoms. The van der Waals surface area contributed by atoms with Crippen molar-refractivity contribution in [3.05, 3.63) is 39.9 Å². The number of hydrogen-bond donors (Lipinski definition) is 1. The molecule has 8 heteroatoms. The van der Waals surface area contributed by atoms with E-state index in [1.54, 1.807) is 18.2 Å². The fourth-order valence-electron chi connectivity index (χ4n) is 1.95. The van der Waals surface area contributed by atoms with Crippen molar-refractivity contribution in [2.45, 2.75) is 13.0 Å². The van der Waals surface area contributed by atoms with Crippen LogP contribution in [0.15, 0.2) is 24.3 Å². The Kier molecular flexibility index (Phi) is 5.63. The number of halogens is 2. The monoisotopic (exact) mass is 356 g/mol. The smallest absolute Gasteiger partial charge is 0.331 e. The first-order valence-electron chi connectivity index (χ1n) is 6.81. The van der Waals surface area contributed by atoms with Crippen LogP contribution in [0.2, 0.25) is 10.0 Å². The molecule has 0 bridgehead atoms. The lowest BCUT2D eigenvalue weighted by molar-refractivity contribution is -0.153. The van der Waals surface area contributed by atoms with E-state index in [0.717, 1.165) is 4.90 Å². The van der Waals surface area contributed by atoms with Gasteiger partial charge in [-0.15, -0.1) is 0 Å². The lowest BCUT2D eigenvalue weighted by Gasteiger charge is -2.17. The topological polar surface area (TPSA) is 75.7 Å². The molecule has 1 aliphatic rings. The van der Waals surface area contributed by atoms with Gasteiger partial charge in [0.2, 0.25) is 0 Å². The van der Waals surface area contributed by atoms with Crippen LogP contribution in [0.3, 0.4) is 0 Å². The molecule has 1 N–H and O–H groups in total. The number of imide groups is 1. The Labute approximate surface area is 143 Å². The molecule has 1 heterocycles. The maximum absolute atomic E-state index is 12.0. The van der Waals surface area contributed by atoms with Crippen LogP contribution in [-0.4, -0.2) is 42.0 Å². The third-order valence-corrected chi connectivity index (χ3v) is 3.86. The van der Waals surface area contributed by atoms with E-state index in [1.807, 2.05) is 0 Å². The van der Waals surface area contributed by atoms with E-state index in [1.165, 1.54) is 19.1 Å². The lowest BCUT2D eigenvalue weighted by Crippen LogP contribution is -2.41. The molecule has 1 aromatic carbocycles. The summed E-state index contributed by atoms with van der Waals surface area (Å²) in [6.45, 7) is 2.07. The van der Waals surface area contributed by atoms with E-state index < -0.39 is 24.0 Å². The van der Waals surface area contributed by atoms with Gasteiger partial charge < -0.3 is 10.1 Å². The molecule has 122 valence electrons. The fraction of sp³-hybridized carbons (Fsp3) is 0.267. The summed E-state index contributed by atoms with van der Waals surface area (Å²) in [7, 11) is 0. The summed E-state index contributed by atoms with van der Waals surface area (Å²) in [5.41, 5.74) is 0.661. The molecule has 3 amide bonds. The van der Waals surface area contributed by atoms with Gasteiger partial charge in [0.05, 0.1) is 10.0 Å². The number of carbonyl (C=O) groups is 3. The summed E-state index contributed by atoms with van der Waals surface area (Å²) in [5.74, 6) is -1.26. The third kappa shape index (κ3) is 4.46. The maximum Gasteiger partial charge on any atom is 0.331 e. The van der Waals surface area contributed by atoms with E-state index >= 15 is 0 Å². The number of carbonyl (C=O) groups excluding carboxylic acids is 3. The molecule has 6 nitrogen and oxygen atoms in total. The predicted octanol–water partition coefficient (Wildman–Crippen LogP) is 2.49. The SMILES string of the molecule is C[C@@H](OC(=O)/C=C/c1ccc(Cl)c(Cl)c1)C(=O)N1CCNC1=O. The van der Waals surface area contributed by atoms with Crippen molar-refractivity contribution in [3.8, 4) is 0 Å². The maximum atomic E-state index is 12.0. The van der Waals surface area contributed by atoms with Crippen molar-refractivity contribution >= 4 is 47.2 Å². The number of urea groups is 1. The normalized spacial score (nSPS) is 15.6. The summed E-state index contributed by atoms with van der Waals surface area (Å²) in [5, 5.41) is 3.28. The number of esters is 1. The van der Waals surface area contributed by atoms with Crippen LogP contribution >= 0.6 is 23.2 Å². The molecular formula is C15H14Cl2N2O4. The Hall–Kier alpha value is -2.05. The zero-order chi connectivity index (χ0) is 17.0. The van der Waals surface area contributed by atoms with Gasteiger partial charge in [0, 0.05) is 19.2 Å². The lowest BCUT2D eigenvalue weighted by atomic mass is 10.2. The van der Waals surface area contributed by atoms with E-state index in [4.69, 9.17) is 27.9 Å². The Morgan fingerprint density at radius 3 is 2.70 bits per heavy atom. The van der Waals surface area contributed by atoms with Crippen LogP contribution < -0.4 is 5.32 Å². The van der Waals surface area contributed by atoms with Crippen LogP contribution in [0.1, 0.15) is 12.5 Å². The average Bonchev–Trinajstić information content (AvgIpc) is 2.93. The van der Waals surface area contributed by atoms with Crippen molar-refractivity contribution in [2.75, 3.05) is 13.1 Å². The molecule has 0 unspecified atom stereocenters. The van der Waals surface area contributed by atoms with Gasteiger partial charge in [-0.1, -0.05) is 29.3 Å². The van der Waals surface area contributed by atoms with Crippen LogP contribution in [-0.2, 0) is 14.3 Å². The molecule has 1 aromatic rings. The van der Waals surface area contributed by atoms with Gasteiger partial charge in [-0.2, -0.15) is 0 Å². The summed E-state index contributed by atoms with van der Waals surface area (Å²) < 4.78 is 4.99. The number of benzene rings is 1. The zero-order valence-electron chi connectivity index (χ0n) is 12.2. The second-order valence-electron chi connectivity index (χ2n) is 4.81. The summed E-state index contributed by atoms with van der Waals surface area (Å²) in [4.78, 5) is 36.1. The average molecular weight is 357 g/mol. The molecule has 0 aromatic heterocycles. The van der Waals surface area contributed by atoms with Crippen LogP contribution in [0, 0.1) is 0 Å². The van der Waals surface area contributed by atoms with Crippen molar-refractivity contribution in [1.29, 1.82) is 0 Å². The van der Waals surface area contributed by atoms with Crippen molar-refractivity contribution < 1.29 is 19.1 Å². The van der Waals surface area contributed by atoms with E-state index in [9.17, 15) is 14.4 Å². The van der Waals surface area contributed by atoms with Crippen LogP contribution in [0.4, 0.5) is 4.79 Å². The highest BCUT2D eigenvalue weighted by atomic mass is 35.5. The van der Waals surface area contributed by atoms with Gasteiger partial charge in [0.1, 0.15) is 0 Å². The second kappa shape index (κ2) is 7.48. The quantitative estimate of drug-likeness (QED) is 0.664. The van der Waals surface area contributed by atoms with Gasteiger partial charge >= 0.3 is 12.0 Å². The fourth-order valence-corrected chi connectivity index (χ4v) is 2.25. The molecule has 1 atom stereocenters. The standard InChI is InChI=1S/C15H14Cl2N2O4/c1-9(14(21)19-7-6-18-15(19)22)23-13(20)5-3-10-2-4-11(16)12(17)8-10/h2-5,8-9H,6-7H2,1H3,(H,18,22)/b5-3+/t9-/m1/s1. The van der Waals surface area contributed by atoms with Crippen molar-refractivity contribution in [2.24, 2.45) is 0 Å². The number of hydrogen-bond acceptors (Lipinski definition) is 4. The van der Waals surface area contributed by atoms with Gasteiger partial charge in [0.15, 0.2) is 6.10 Å². The number of nitrogens with zero attached hydrogens (tertiary/aromatic N) is 1. The molecule has 1 saturated heterocycles. The molecule has 1 aliphatic heterocycles. The number of amides is 3. The summed E-state index contributed by atoms with van der Waals surface area (Å²) in [6, 6.07) is 4.40. The number of ether oxygens (including phenoxy) is 1. The highest BCUT2D eigenvalue weighted by Crippen LogP contribution is 2.23. The van der Waals surface area contributed by atoms with Gasteiger partial charge in [-0.25, -0.2) is 9.59 Å². The van der Waals surface area contributed by atoms with Gasteiger partial charge in [-0.05, 0) is 30.7 Å². The van der Waals surface area contributed by atoms with E-state index in [-0.39, 0.29) is 6.54 Å². The van der Waals surface area contributed by atoms with Crippen LogP contribution in [0.25, 0.3) is 6.08 Å². The van der Waals surface area contributed by atoms with Crippen molar-refractivity contribution in [1.82, 2.24) is 10.2 Å². The highest BCUT2D eigenvalue weighted by molar-refractivity contribution is 6.42. The molecule has 0 saturated carbocycles. The van der Waals surface area contributed by atoms with E-state index in [2.05, 4.69) is 5.32 Å². The molecule has 0 aliphatic carbocycles. The Morgan fingerprint density at radius 2 is 2.09 bits per heavy atom. The Bertz CT molecular complexity index is 675. The Balaban J connectivity index is 1.93. The Morgan fingerprint density at radius 1 is 1.35 bits per heavy atom. The highest BCUT2D eigenvalue weighted by Gasteiger charge is 2.31. The molecule has 23 heavy (non-hydrogen) atoms. The molecule has 1 fully saturated rings. The molecule has 0 radical (unpaired) electrons. The van der Waals surface area contributed by atoms with Gasteiger partial charge in [0.25, 0.3) is 5.91 Å². The number of nitrogens with one attached hydrogen (secondary N) is 1. The van der Waals surface area contributed by atoms with Crippen molar-refractivity contribution in [3.63, 3.8) is 0 Å². The van der Waals surface area contributed by atoms with Crippen LogP contribution in [0.5, 0.6) is 0 Å². The number of rotatable bonds is 4. The molecule has 2 rings (SSSR count). The minimum Gasteiger partial charge on any atom is -0.449 e. The first kappa shape index (κ1) is 17.3. The first-order valence-corrected chi connectivity index (χ1v) is 7.57.